The molecule has 0 fully saturated rings. The van der Waals surface area contributed by atoms with Crippen molar-refractivity contribution in [3.8, 4) is 29.5 Å². The third-order valence-corrected chi connectivity index (χ3v) is 3.03. The summed E-state index contributed by atoms with van der Waals surface area (Å²) in [5, 5.41) is 9.60. The standard InChI is InChI=1S/C17H11N3O5/c21-9-11-1-5-13(6-2-11)24-16-18-15(23)19-17(20-16)25-14-7-3-12(10-22)4-8-14/h1-10H,(H,18,19,20,23). The largest absolute Gasteiger partial charge is 0.479 e. The van der Waals surface area contributed by atoms with Crippen molar-refractivity contribution in [1.29, 1.82) is 0 Å². The number of nitrogens with zero attached hydrogens (tertiary/aromatic N) is 3. The summed E-state index contributed by atoms with van der Waals surface area (Å²) in [4.78, 5) is 32.5. The Morgan fingerprint density at radius 2 is 1.08 bits per heavy atom. The van der Waals surface area contributed by atoms with Crippen LogP contribution in [0.3, 0.4) is 0 Å². The lowest BCUT2D eigenvalue weighted by atomic mass is 10.2. The summed E-state index contributed by atoms with van der Waals surface area (Å²) in [7, 11) is 0. The van der Waals surface area contributed by atoms with Crippen LogP contribution < -0.4 is 9.47 Å². The van der Waals surface area contributed by atoms with Gasteiger partial charge in [-0.1, -0.05) is 0 Å². The van der Waals surface area contributed by atoms with Gasteiger partial charge in [-0.25, -0.2) is 0 Å². The zero-order chi connectivity index (χ0) is 17.6. The monoisotopic (exact) mass is 337 g/mol. The molecule has 3 aromatic rings. The fourth-order valence-corrected chi connectivity index (χ4v) is 1.86. The summed E-state index contributed by atoms with van der Waals surface area (Å²) in [6.07, 6.45) is 1.42. The molecule has 25 heavy (non-hydrogen) atoms. The quantitative estimate of drug-likeness (QED) is 0.683. The fourth-order valence-electron chi connectivity index (χ4n) is 1.86. The predicted molar refractivity (Wildman–Crippen MR) is 85.3 cm³/mol. The van der Waals surface area contributed by atoms with Crippen molar-refractivity contribution in [2.75, 3.05) is 0 Å². The zero-order valence-electron chi connectivity index (χ0n) is 12.7. The number of carbonyl (C=O) groups is 2. The molecule has 0 aliphatic rings. The van der Waals surface area contributed by atoms with E-state index in [0.717, 1.165) is 0 Å². The summed E-state index contributed by atoms with van der Waals surface area (Å²) in [6.45, 7) is 0. The number of aromatic nitrogens is 3. The van der Waals surface area contributed by atoms with Gasteiger partial charge in [0, 0.05) is 11.1 Å². The van der Waals surface area contributed by atoms with E-state index < -0.39 is 6.01 Å². The van der Waals surface area contributed by atoms with Gasteiger partial charge in [0.05, 0.1) is 0 Å². The summed E-state index contributed by atoms with van der Waals surface area (Å²) >= 11 is 0. The maximum absolute atomic E-state index is 10.6. The topological polar surface area (TPSA) is 112 Å². The van der Waals surface area contributed by atoms with Crippen molar-refractivity contribution < 1.29 is 24.2 Å². The van der Waals surface area contributed by atoms with Crippen LogP contribution in [0, 0.1) is 0 Å². The molecular weight excluding hydrogens is 326 g/mol. The minimum absolute atomic E-state index is 0.175. The Labute approximate surface area is 141 Å². The minimum atomic E-state index is -0.575. The molecule has 0 amide bonds. The van der Waals surface area contributed by atoms with Gasteiger partial charge >= 0.3 is 18.0 Å². The highest BCUT2D eigenvalue weighted by Gasteiger charge is 2.10. The number of hydrogen-bond acceptors (Lipinski definition) is 8. The molecule has 0 saturated heterocycles. The number of aldehydes is 2. The molecule has 0 unspecified atom stereocenters. The van der Waals surface area contributed by atoms with E-state index in [1.54, 1.807) is 48.5 Å². The Morgan fingerprint density at radius 1 is 0.680 bits per heavy atom. The van der Waals surface area contributed by atoms with Gasteiger partial charge in [0.2, 0.25) is 0 Å². The summed E-state index contributed by atoms with van der Waals surface area (Å²) in [5.41, 5.74) is 0.988. The van der Waals surface area contributed by atoms with Gasteiger partial charge in [-0.15, -0.1) is 15.0 Å². The predicted octanol–water partition coefficient (Wildman–Crippen LogP) is 2.79. The average molecular weight is 337 g/mol. The molecule has 8 heteroatoms. The number of benzene rings is 2. The molecule has 1 aromatic heterocycles. The first-order valence-electron chi connectivity index (χ1n) is 7.07. The Kier molecular flexibility index (Phi) is 4.61. The van der Waals surface area contributed by atoms with Crippen molar-refractivity contribution in [2.24, 2.45) is 0 Å². The van der Waals surface area contributed by atoms with Crippen molar-refractivity contribution in [1.82, 2.24) is 15.0 Å². The molecule has 0 aliphatic carbocycles. The second-order valence-corrected chi connectivity index (χ2v) is 4.78. The molecule has 3 rings (SSSR count). The maximum atomic E-state index is 10.6. The summed E-state index contributed by atoms with van der Waals surface area (Å²) < 4.78 is 10.8. The summed E-state index contributed by atoms with van der Waals surface area (Å²) in [5.74, 6) is 0.745. The van der Waals surface area contributed by atoms with Crippen LogP contribution in [0.25, 0.3) is 0 Å². The molecular formula is C17H11N3O5. The molecule has 0 spiro atoms. The first kappa shape index (κ1) is 16.1. The van der Waals surface area contributed by atoms with Crippen LogP contribution in [0.4, 0.5) is 0 Å². The van der Waals surface area contributed by atoms with Crippen LogP contribution in [0.1, 0.15) is 20.7 Å². The average Bonchev–Trinajstić information content (AvgIpc) is 2.62. The number of carbonyl (C=O) groups excluding carboxylic acids is 2. The molecule has 2 aromatic carbocycles. The summed E-state index contributed by atoms with van der Waals surface area (Å²) in [6, 6.07) is 11.6. The van der Waals surface area contributed by atoms with Crippen molar-refractivity contribution in [2.45, 2.75) is 0 Å². The smallest absolute Gasteiger partial charge is 0.331 e. The number of ether oxygens (including phenoxy) is 2. The molecule has 0 bridgehead atoms. The van der Waals surface area contributed by atoms with Crippen molar-refractivity contribution in [3.63, 3.8) is 0 Å². The molecule has 0 aliphatic heterocycles. The van der Waals surface area contributed by atoms with Crippen LogP contribution >= 0.6 is 0 Å². The van der Waals surface area contributed by atoms with Crippen LogP contribution in [-0.2, 0) is 0 Å². The van der Waals surface area contributed by atoms with Crippen LogP contribution in [0.5, 0.6) is 29.5 Å². The fraction of sp³-hybridized carbons (Fsp3) is 0. The number of aromatic hydroxyl groups is 1. The van der Waals surface area contributed by atoms with Gasteiger partial charge in [-0.3, -0.25) is 9.59 Å². The highest BCUT2D eigenvalue weighted by Crippen LogP contribution is 2.24. The highest BCUT2D eigenvalue weighted by atomic mass is 16.5. The number of hydrogen-bond donors (Lipinski definition) is 1. The Morgan fingerprint density at radius 3 is 1.44 bits per heavy atom. The molecule has 0 radical (unpaired) electrons. The van der Waals surface area contributed by atoms with Crippen LogP contribution in [0.15, 0.2) is 48.5 Å². The normalized spacial score (nSPS) is 10.1. The van der Waals surface area contributed by atoms with E-state index in [9.17, 15) is 14.7 Å². The van der Waals surface area contributed by atoms with E-state index in [4.69, 9.17) is 9.47 Å². The second-order valence-electron chi connectivity index (χ2n) is 4.78. The van der Waals surface area contributed by atoms with E-state index in [2.05, 4.69) is 15.0 Å². The van der Waals surface area contributed by atoms with Gasteiger partial charge in [-0.05, 0) is 48.5 Å². The third-order valence-electron chi connectivity index (χ3n) is 3.03. The first-order valence-corrected chi connectivity index (χ1v) is 7.07. The Bertz CT molecular complexity index is 823. The van der Waals surface area contributed by atoms with Crippen molar-refractivity contribution in [3.05, 3.63) is 59.7 Å². The van der Waals surface area contributed by atoms with Crippen LogP contribution in [-0.4, -0.2) is 32.6 Å². The molecule has 124 valence electrons. The van der Waals surface area contributed by atoms with E-state index >= 15 is 0 Å². The first-order chi connectivity index (χ1) is 12.2. The van der Waals surface area contributed by atoms with Gasteiger partial charge < -0.3 is 14.6 Å². The molecule has 8 nitrogen and oxygen atoms in total. The Hall–Kier alpha value is -3.81. The minimum Gasteiger partial charge on any atom is -0.479 e. The Balaban J connectivity index is 1.78. The van der Waals surface area contributed by atoms with Gasteiger partial charge in [-0.2, -0.15) is 0 Å². The van der Waals surface area contributed by atoms with Gasteiger partial charge in [0.25, 0.3) is 0 Å². The maximum Gasteiger partial charge on any atom is 0.331 e. The van der Waals surface area contributed by atoms with Gasteiger partial charge in [0.1, 0.15) is 24.1 Å². The molecule has 0 saturated carbocycles. The van der Waals surface area contributed by atoms with E-state index in [1.807, 2.05) is 0 Å². The number of rotatable bonds is 6. The SMILES string of the molecule is O=Cc1ccc(Oc2nc(O)nc(Oc3ccc(C=O)cc3)n2)cc1. The lowest BCUT2D eigenvalue weighted by molar-refractivity contribution is 0.111. The lowest BCUT2D eigenvalue weighted by Gasteiger charge is -2.07. The van der Waals surface area contributed by atoms with Crippen molar-refractivity contribution >= 4 is 12.6 Å². The zero-order valence-corrected chi connectivity index (χ0v) is 12.7. The third kappa shape index (κ3) is 4.14. The highest BCUT2D eigenvalue weighted by molar-refractivity contribution is 5.75. The second kappa shape index (κ2) is 7.18. The van der Waals surface area contributed by atoms with E-state index in [1.165, 1.54) is 0 Å². The molecule has 1 heterocycles. The van der Waals surface area contributed by atoms with Crippen LogP contribution in [0.2, 0.25) is 0 Å². The molecule has 0 atom stereocenters. The van der Waals surface area contributed by atoms with E-state index in [0.29, 0.717) is 35.2 Å². The molecule has 1 N–H and O–H groups in total. The van der Waals surface area contributed by atoms with E-state index in [-0.39, 0.29) is 12.0 Å². The van der Waals surface area contributed by atoms with Gasteiger partial charge in [0.15, 0.2) is 0 Å². The lowest BCUT2D eigenvalue weighted by Crippen LogP contribution is -1.98.